The fraction of sp³-hybridized carbons (Fsp3) is 0.481. The second-order valence-corrected chi connectivity index (χ2v) is 10.3. The molecule has 34 heavy (non-hydrogen) atoms. The minimum Gasteiger partial charge on any atom is -0.484 e. The Hall–Kier alpha value is -2.73. The Morgan fingerprint density at radius 1 is 0.912 bits per heavy atom. The van der Waals surface area contributed by atoms with Crippen LogP contribution in [0, 0.1) is 12.3 Å². The van der Waals surface area contributed by atoms with Gasteiger partial charge in [-0.3, -0.25) is 9.59 Å². The Kier molecular flexibility index (Phi) is 7.67. The van der Waals surface area contributed by atoms with Crippen LogP contribution in [0.1, 0.15) is 50.5 Å². The van der Waals surface area contributed by atoms with E-state index in [1.165, 1.54) is 6.42 Å². The molecule has 2 aromatic rings. The van der Waals surface area contributed by atoms with Crippen LogP contribution in [-0.2, 0) is 9.59 Å². The van der Waals surface area contributed by atoms with Crippen LogP contribution in [-0.4, -0.2) is 37.1 Å². The average molecular weight is 485 g/mol. The van der Waals surface area contributed by atoms with Crippen LogP contribution >= 0.6 is 11.6 Å². The molecule has 0 saturated heterocycles. The minimum absolute atomic E-state index is 0.00507. The largest absolute Gasteiger partial charge is 0.484 e. The third-order valence-corrected chi connectivity index (χ3v) is 7.05. The highest BCUT2D eigenvalue weighted by molar-refractivity contribution is 6.30. The summed E-state index contributed by atoms with van der Waals surface area (Å²) in [6.07, 6.45) is 7.62. The van der Waals surface area contributed by atoms with Gasteiger partial charge in [0.2, 0.25) is 0 Å². The molecule has 0 unspecified atom stereocenters. The van der Waals surface area contributed by atoms with Crippen LogP contribution in [0.15, 0.2) is 48.5 Å². The fourth-order valence-electron chi connectivity index (χ4n) is 5.34. The predicted octanol–water partition coefficient (Wildman–Crippen LogP) is 4.82. The summed E-state index contributed by atoms with van der Waals surface area (Å²) in [6, 6.07) is 14.7. The number of ether oxygens (including phenoxy) is 2. The summed E-state index contributed by atoms with van der Waals surface area (Å²) >= 11 is 5.83. The Balaban J connectivity index is 1.01. The van der Waals surface area contributed by atoms with Crippen molar-refractivity contribution in [3.8, 4) is 11.5 Å². The van der Waals surface area contributed by atoms with E-state index < -0.39 is 0 Å². The summed E-state index contributed by atoms with van der Waals surface area (Å²) in [6.45, 7) is 2.74. The van der Waals surface area contributed by atoms with E-state index in [-0.39, 0.29) is 30.6 Å². The van der Waals surface area contributed by atoms with Gasteiger partial charge < -0.3 is 20.1 Å². The molecule has 5 rings (SSSR count). The standard InChI is InChI=1S/C27H33ClN2O4/c1-20-6-5-7-23(14-20)34-16-25(32)30-27-17-26(18-27,19-27)12-3-2-4-13-29-24(31)15-33-22-10-8-21(28)9-11-22/h5-11,14H,2-4,12-13,15-19H2,1H3,(H,29,31)(H,30,32). The van der Waals surface area contributed by atoms with E-state index in [2.05, 4.69) is 10.6 Å². The first kappa shape index (κ1) is 24.4. The number of hydrogen-bond acceptors (Lipinski definition) is 4. The van der Waals surface area contributed by atoms with Crippen molar-refractivity contribution < 1.29 is 19.1 Å². The zero-order valence-corrected chi connectivity index (χ0v) is 20.5. The number of benzene rings is 2. The van der Waals surface area contributed by atoms with Crippen LogP contribution in [0.25, 0.3) is 0 Å². The summed E-state index contributed by atoms with van der Waals surface area (Å²) in [5, 5.41) is 6.73. The monoisotopic (exact) mass is 484 g/mol. The van der Waals surface area contributed by atoms with Gasteiger partial charge in [0.05, 0.1) is 0 Å². The van der Waals surface area contributed by atoms with E-state index in [1.807, 2.05) is 31.2 Å². The Morgan fingerprint density at radius 2 is 1.62 bits per heavy atom. The summed E-state index contributed by atoms with van der Waals surface area (Å²) < 4.78 is 11.1. The van der Waals surface area contributed by atoms with Crippen molar-refractivity contribution in [2.45, 2.75) is 57.4 Å². The third-order valence-electron chi connectivity index (χ3n) is 6.79. The normalized spacial score (nSPS) is 22.2. The first-order chi connectivity index (χ1) is 16.4. The predicted molar refractivity (Wildman–Crippen MR) is 132 cm³/mol. The van der Waals surface area contributed by atoms with Crippen molar-refractivity contribution in [2.24, 2.45) is 5.41 Å². The molecule has 3 aliphatic rings. The van der Waals surface area contributed by atoms with Crippen LogP contribution in [0.2, 0.25) is 5.02 Å². The van der Waals surface area contributed by atoms with Gasteiger partial charge in [-0.1, -0.05) is 36.6 Å². The van der Waals surface area contributed by atoms with Crippen LogP contribution in [0.3, 0.4) is 0 Å². The van der Waals surface area contributed by atoms with E-state index >= 15 is 0 Å². The van der Waals surface area contributed by atoms with Crippen molar-refractivity contribution in [1.29, 1.82) is 0 Å². The van der Waals surface area contributed by atoms with Gasteiger partial charge in [0.1, 0.15) is 11.5 Å². The van der Waals surface area contributed by atoms with Gasteiger partial charge in [0.25, 0.3) is 11.8 Å². The van der Waals surface area contributed by atoms with Crippen molar-refractivity contribution in [3.05, 3.63) is 59.1 Å². The molecular formula is C27H33ClN2O4. The molecular weight excluding hydrogens is 452 g/mol. The van der Waals surface area contributed by atoms with Gasteiger partial charge in [-0.05, 0) is 86.4 Å². The molecule has 0 aliphatic heterocycles. The highest BCUT2D eigenvalue weighted by atomic mass is 35.5. The van der Waals surface area contributed by atoms with Crippen molar-refractivity contribution in [3.63, 3.8) is 0 Å². The third kappa shape index (κ3) is 6.44. The van der Waals surface area contributed by atoms with Gasteiger partial charge in [-0.2, -0.15) is 0 Å². The number of aryl methyl sites for hydroxylation is 1. The second-order valence-electron chi connectivity index (χ2n) is 9.87. The van der Waals surface area contributed by atoms with Crippen molar-refractivity contribution >= 4 is 23.4 Å². The van der Waals surface area contributed by atoms with Crippen molar-refractivity contribution in [2.75, 3.05) is 19.8 Å². The molecule has 2 aromatic carbocycles. The molecule has 3 aliphatic carbocycles. The lowest BCUT2D eigenvalue weighted by molar-refractivity contribution is -0.170. The van der Waals surface area contributed by atoms with E-state index in [0.717, 1.165) is 49.8 Å². The first-order valence-corrected chi connectivity index (χ1v) is 12.4. The molecule has 2 bridgehead atoms. The van der Waals surface area contributed by atoms with Gasteiger partial charge in [-0.15, -0.1) is 0 Å². The van der Waals surface area contributed by atoms with Gasteiger partial charge in [-0.25, -0.2) is 0 Å². The number of carbonyl (C=O) groups is 2. The lowest BCUT2D eigenvalue weighted by Crippen LogP contribution is -2.74. The van der Waals surface area contributed by atoms with Crippen LogP contribution in [0.4, 0.5) is 0 Å². The lowest BCUT2D eigenvalue weighted by atomic mass is 9.38. The number of nitrogens with one attached hydrogen (secondary N) is 2. The maximum atomic E-state index is 12.3. The van der Waals surface area contributed by atoms with E-state index in [0.29, 0.717) is 22.7 Å². The number of hydrogen-bond donors (Lipinski definition) is 2. The Bertz CT molecular complexity index is 988. The Morgan fingerprint density at radius 3 is 2.35 bits per heavy atom. The summed E-state index contributed by atoms with van der Waals surface area (Å²) in [7, 11) is 0. The van der Waals surface area contributed by atoms with Crippen LogP contribution in [0.5, 0.6) is 11.5 Å². The summed E-state index contributed by atoms with van der Waals surface area (Å²) in [5.74, 6) is 1.21. The summed E-state index contributed by atoms with van der Waals surface area (Å²) in [4.78, 5) is 24.2. The lowest BCUT2D eigenvalue weighted by Gasteiger charge is -2.71. The van der Waals surface area contributed by atoms with Gasteiger partial charge in [0.15, 0.2) is 13.2 Å². The average Bonchev–Trinajstić information content (AvgIpc) is 2.77. The molecule has 0 spiro atoms. The molecule has 6 nitrogen and oxygen atoms in total. The zero-order valence-electron chi connectivity index (χ0n) is 19.7. The smallest absolute Gasteiger partial charge is 0.258 e. The fourth-order valence-corrected chi connectivity index (χ4v) is 5.47. The quantitative estimate of drug-likeness (QED) is 0.399. The molecule has 2 N–H and O–H groups in total. The molecule has 7 heteroatoms. The summed E-state index contributed by atoms with van der Waals surface area (Å²) in [5.41, 5.74) is 1.54. The van der Waals surface area contributed by atoms with E-state index in [4.69, 9.17) is 21.1 Å². The van der Waals surface area contributed by atoms with Gasteiger partial charge >= 0.3 is 0 Å². The second kappa shape index (κ2) is 10.7. The molecule has 182 valence electrons. The van der Waals surface area contributed by atoms with Crippen molar-refractivity contribution in [1.82, 2.24) is 10.6 Å². The topological polar surface area (TPSA) is 76.7 Å². The Labute approximate surface area is 206 Å². The number of rotatable bonds is 13. The maximum absolute atomic E-state index is 12.3. The number of unbranched alkanes of at least 4 members (excludes halogenated alkanes) is 2. The van der Waals surface area contributed by atoms with Crippen LogP contribution < -0.4 is 20.1 Å². The number of amides is 2. The van der Waals surface area contributed by atoms with Gasteiger partial charge in [0, 0.05) is 17.1 Å². The molecule has 2 amide bonds. The van der Waals surface area contributed by atoms with E-state index in [1.54, 1.807) is 24.3 Å². The SMILES string of the molecule is Cc1cccc(OCC(=O)NC23CC(CCCCCNC(=O)COc4ccc(Cl)cc4)(C2)C3)c1. The molecule has 0 aromatic heterocycles. The maximum Gasteiger partial charge on any atom is 0.258 e. The highest BCUT2D eigenvalue weighted by Gasteiger charge is 2.67. The molecule has 0 radical (unpaired) electrons. The van der Waals surface area contributed by atoms with E-state index in [9.17, 15) is 9.59 Å². The molecule has 3 fully saturated rings. The zero-order chi connectivity index (χ0) is 24.0. The molecule has 0 atom stereocenters. The molecule has 3 saturated carbocycles. The first-order valence-electron chi connectivity index (χ1n) is 12.0. The molecule has 0 heterocycles. The highest BCUT2D eigenvalue weighted by Crippen LogP contribution is 2.69. The minimum atomic E-state index is -0.113. The number of halogens is 1. The number of carbonyl (C=O) groups excluding carboxylic acids is 2.